The molecule has 1 aromatic carbocycles. The average Bonchev–Trinajstić information content (AvgIpc) is 2.75. The molecule has 0 atom stereocenters. The number of aromatic nitrogens is 3. The van der Waals surface area contributed by atoms with Crippen molar-refractivity contribution >= 4 is 5.91 Å². The molecule has 102 valence electrons. The number of hydrogen-bond acceptors (Lipinski definition) is 4. The normalized spacial score (nSPS) is 10.1. The van der Waals surface area contributed by atoms with Gasteiger partial charge in [0.15, 0.2) is 0 Å². The van der Waals surface area contributed by atoms with Gasteiger partial charge in [0.2, 0.25) is 5.91 Å². The zero-order valence-corrected chi connectivity index (χ0v) is 11.6. The van der Waals surface area contributed by atoms with Crippen LogP contribution in [0.5, 0.6) is 0 Å². The summed E-state index contributed by atoms with van der Waals surface area (Å²) in [5.74, 6) is 1.41. The van der Waals surface area contributed by atoms with Gasteiger partial charge in [-0.3, -0.25) is 9.36 Å². The SMILES string of the molecule is CC(=O)NCc1cc(C#N)ccc1-n1c(C)nnc1C. The Hall–Kier alpha value is -2.68. The number of carbonyl (C=O) groups excluding carboxylic acids is 1. The van der Waals surface area contributed by atoms with Crippen LogP contribution in [0.4, 0.5) is 0 Å². The Morgan fingerprint density at radius 3 is 2.55 bits per heavy atom. The van der Waals surface area contributed by atoms with Crippen LogP contribution in [0.15, 0.2) is 18.2 Å². The largest absolute Gasteiger partial charge is 0.352 e. The van der Waals surface area contributed by atoms with Crippen LogP contribution >= 0.6 is 0 Å². The van der Waals surface area contributed by atoms with Crippen molar-refractivity contribution in [2.45, 2.75) is 27.3 Å². The first kappa shape index (κ1) is 13.7. The number of amides is 1. The zero-order chi connectivity index (χ0) is 14.7. The molecule has 0 aliphatic heterocycles. The van der Waals surface area contributed by atoms with Gasteiger partial charge in [0.05, 0.1) is 17.3 Å². The van der Waals surface area contributed by atoms with Gasteiger partial charge >= 0.3 is 0 Å². The summed E-state index contributed by atoms with van der Waals surface area (Å²) in [4.78, 5) is 11.1. The number of nitriles is 1. The lowest BCUT2D eigenvalue weighted by molar-refractivity contribution is -0.119. The maximum Gasteiger partial charge on any atom is 0.217 e. The van der Waals surface area contributed by atoms with Crippen LogP contribution < -0.4 is 5.32 Å². The van der Waals surface area contributed by atoms with Crippen molar-refractivity contribution in [3.8, 4) is 11.8 Å². The number of carbonyl (C=O) groups is 1. The maximum atomic E-state index is 11.1. The molecular formula is C14H15N5O. The van der Waals surface area contributed by atoms with Crippen molar-refractivity contribution in [2.24, 2.45) is 0 Å². The predicted octanol–water partition coefficient (Wildman–Crippen LogP) is 1.39. The minimum Gasteiger partial charge on any atom is -0.352 e. The van der Waals surface area contributed by atoms with E-state index in [-0.39, 0.29) is 5.91 Å². The molecule has 0 radical (unpaired) electrons. The highest BCUT2D eigenvalue weighted by atomic mass is 16.1. The van der Waals surface area contributed by atoms with Crippen molar-refractivity contribution < 1.29 is 4.79 Å². The number of rotatable bonds is 3. The molecule has 0 saturated carbocycles. The van der Waals surface area contributed by atoms with E-state index in [0.717, 1.165) is 22.9 Å². The molecule has 0 spiro atoms. The highest BCUT2D eigenvalue weighted by molar-refractivity contribution is 5.73. The van der Waals surface area contributed by atoms with Gasteiger partial charge in [-0.25, -0.2) is 0 Å². The second-order valence-corrected chi connectivity index (χ2v) is 4.49. The van der Waals surface area contributed by atoms with Gasteiger partial charge in [0.1, 0.15) is 11.6 Å². The molecule has 1 N–H and O–H groups in total. The van der Waals surface area contributed by atoms with Crippen molar-refractivity contribution in [1.29, 1.82) is 5.26 Å². The first-order valence-electron chi connectivity index (χ1n) is 6.19. The maximum absolute atomic E-state index is 11.1. The van der Waals surface area contributed by atoms with Crippen LogP contribution in [-0.2, 0) is 11.3 Å². The Labute approximate surface area is 117 Å². The Bertz CT molecular complexity index is 677. The van der Waals surface area contributed by atoms with Crippen LogP contribution in [0, 0.1) is 25.2 Å². The van der Waals surface area contributed by atoms with Gasteiger partial charge < -0.3 is 5.32 Å². The predicted molar refractivity (Wildman–Crippen MR) is 73.1 cm³/mol. The molecule has 1 aromatic heterocycles. The molecule has 2 rings (SSSR count). The van der Waals surface area contributed by atoms with Gasteiger partial charge in [-0.05, 0) is 37.6 Å². The summed E-state index contributed by atoms with van der Waals surface area (Å²) in [5.41, 5.74) is 2.28. The van der Waals surface area contributed by atoms with Crippen LogP contribution in [-0.4, -0.2) is 20.7 Å². The fourth-order valence-corrected chi connectivity index (χ4v) is 2.05. The molecular weight excluding hydrogens is 254 g/mol. The monoisotopic (exact) mass is 269 g/mol. The van der Waals surface area contributed by atoms with E-state index in [0.29, 0.717) is 12.1 Å². The molecule has 0 fully saturated rings. The third kappa shape index (κ3) is 2.67. The third-order valence-corrected chi connectivity index (χ3v) is 2.96. The molecule has 0 saturated heterocycles. The molecule has 2 aromatic rings. The molecule has 6 nitrogen and oxygen atoms in total. The Kier molecular flexibility index (Phi) is 3.80. The van der Waals surface area contributed by atoms with E-state index < -0.39 is 0 Å². The molecule has 0 bridgehead atoms. The van der Waals surface area contributed by atoms with Crippen LogP contribution in [0.1, 0.15) is 29.7 Å². The quantitative estimate of drug-likeness (QED) is 0.912. The number of hydrogen-bond donors (Lipinski definition) is 1. The minimum atomic E-state index is -0.115. The first-order valence-corrected chi connectivity index (χ1v) is 6.19. The van der Waals surface area contributed by atoms with Crippen LogP contribution in [0.25, 0.3) is 5.69 Å². The summed E-state index contributed by atoms with van der Waals surface area (Å²) < 4.78 is 1.90. The van der Waals surface area contributed by atoms with Gasteiger partial charge in [-0.2, -0.15) is 5.26 Å². The smallest absolute Gasteiger partial charge is 0.217 e. The number of aryl methyl sites for hydroxylation is 2. The Morgan fingerprint density at radius 2 is 2.00 bits per heavy atom. The topological polar surface area (TPSA) is 83.6 Å². The van der Waals surface area contributed by atoms with E-state index in [4.69, 9.17) is 5.26 Å². The van der Waals surface area contributed by atoms with E-state index in [1.165, 1.54) is 6.92 Å². The molecule has 0 unspecified atom stereocenters. The molecule has 6 heteroatoms. The molecule has 20 heavy (non-hydrogen) atoms. The minimum absolute atomic E-state index is 0.115. The highest BCUT2D eigenvalue weighted by Gasteiger charge is 2.12. The summed E-state index contributed by atoms with van der Waals surface area (Å²) >= 11 is 0. The first-order chi connectivity index (χ1) is 9.52. The summed E-state index contributed by atoms with van der Waals surface area (Å²) in [6, 6.07) is 7.46. The zero-order valence-electron chi connectivity index (χ0n) is 11.6. The summed E-state index contributed by atoms with van der Waals surface area (Å²) in [5, 5.41) is 19.8. The fraction of sp³-hybridized carbons (Fsp3) is 0.286. The van der Waals surface area contributed by atoms with E-state index in [1.54, 1.807) is 12.1 Å². The van der Waals surface area contributed by atoms with E-state index >= 15 is 0 Å². The summed E-state index contributed by atoms with van der Waals surface area (Å²) in [6.07, 6.45) is 0. The Morgan fingerprint density at radius 1 is 1.35 bits per heavy atom. The number of nitrogens with zero attached hydrogens (tertiary/aromatic N) is 4. The van der Waals surface area contributed by atoms with Gasteiger partial charge in [-0.15, -0.1) is 10.2 Å². The molecule has 1 amide bonds. The van der Waals surface area contributed by atoms with E-state index in [9.17, 15) is 4.79 Å². The average molecular weight is 269 g/mol. The van der Waals surface area contributed by atoms with Crippen molar-refractivity contribution in [1.82, 2.24) is 20.1 Å². The van der Waals surface area contributed by atoms with Crippen LogP contribution in [0.2, 0.25) is 0 Å². The third-order valence-electron chi connectivity index (χ3n) is 2.96. The standard InChI is InChI=1S/C14H15N5O/c1-9-17-18-10(2)19(9)14-5-4-12(7-15)6-13(14)8-16-11(3)20/h4-6H,8H2,1-3H3,(H,16,20). The molecule has 0 aliphatic rings. The summed E-state index contributed by atoms with van der Waals surface area (Å²) in [6.45, 7) is 5.54. The molecule has 1 heterocycles. The number of nitrogens with one attached hydrogen (secondary N) is 1. The van der Waals surface area contributed by atoms with Gasteiger partial charge in [-0.1, -0.05) is 0 Å². The lowest BCUT2D eigenvalue weighted by atomic mass is 10.1. The Balaban J connectivity index is 2.52. The van der Waals surface area contributed by atoms with Gasteiger partial charge in [0.25, 0.3) is 0 Å². The molecule has 0 aliphatic carbocycles. The van der Waals surface area contributed by atoms with E-state index in [1.807, 2.05) is 24.5 Å². The van der Waals surface area contributed by atoms with Gasteiger partial charge in [0, 0.05) is 13.5 Å². The fourth-order valence-electron chi connectivity index (χ4n) is 2.05. The van der Waals surface area contributed by atoms with Crippen molar-refractivity contribution in [2.75, 3.05) is 0 Å². The lowest BCUT2D eigenvalue weighted by Crippen LogP contribution is -2.20. The van der Waals surface area contributed by atoms with Crippen molar-refractivity contribution in [3.05, 3.63) is 41.0 Å². The lowest BCUT2D eigenvalue weighted by Gasteiger charge is -2.13. The second-order valence-electron chi connectivity index (χ2n) is 4.49. The van der Waals surface area contributed by atoms with Crippen LogP contribution in [0.3, 0.4) is 0 Å². The second kappa shape index (κ2) is 5.53. The summed E-state index contributed by atoms with van der Waals surface area (Å²) in [7, 11) is 0. The highest BCUT2D eigenvalue weighted by Crippen LogP contribution is 2.19. The van der Waals surface area contributed by atoms with Crippen molar-refractivity contribution in [3.63, 3.8) is 0 Å². The van der Waals surface area contributed by atoms with E-state index in [2.05, 4.69) is 21.6 Å². The number of benzene rings is 1.